The van der Waals surface area contributed by atoms with Gasteiger partial charge in [-0.2, -0.15) is 0 Å². The molecule has 0 radical (unpaired) electrons. The summed E-state index contributed by atoms with van der Waals surface area (Å²) in [5.74, 6) is 0.0175. The minimum absolute atomic E-state index is 0. The third-order valence-electron chi connectivity index (χ3n) is 4.76. The second-order valence-electron chi connectivity index (χ2n) is 7.10. The Hall–Kier alpha value is -1.06. The van der Waals surface area contributed by atoms with Gasteiger partial charge in [-0.1, -0.05) is 57.4 Å². The third-order valence-corrected chi connectivity index (χ3v) is 4.76. The normalized spacial score (nSPS) is 17.5. The van der Waals surface area contributed by atoms with Crippen LogP contribution in [0.25, 0.3) is 0 Å². The SMILES string of the molecule is Cc1ccccc1C(C)(C)CNC(=O)C1(N)CCCCC1.Cl. The lowest BCUT2D eigenvalue weighted by Gasteiger charge is -2.34. The second kappa shape index (κ2) is 7.47. The molecule has 0 saturated heterocycles. The Kier molecular flexibility index (Phi) is 6.45. The first-order valence-corrected chi connectivity index (χ1v) is 7.98. The van der Waals surface area contributed by atoms with Crippen LogP contribution < -0.4 is 11.1 Å². The molecule has 1 fully saturated rings. The summed E-state index contributed by atoms with van der Waals surface area (Å²) in [4.78, 5) is 12.4. The van der Waals surface area contributed by atoms with Crippen molar-refractivity contribution in [3.63, 3.8) is 0 Å². The Bertz CT molecular complexity index is 508. The Balaban J connectivity index is 0.00000242. The van der Waals surface area contributed by atoms with Crippen LogP contribution in [0.3, 0.4) is 0 Å². The van der Waals surface area contributed by atoms with Crippen LogP contribution >= 0.6 is 12.4 Å². The average Bonchev–Trinajstić information content (AvgIpc) is 2.46. The van der Waals surface area contributed by atoms with Gasteiger partial charge < -0.3 is 11.1 Å². The highest BCUT2D eigenvalue weighted by Gasteiger charge is 2.36. The van der Waals surface area contributed by atoms with E-state index < -0.39 is 5.54 Å². The number of benzene rings is 1. The van der Waals surface area contributed by atoms with Crippen molar-refractivity contribution in [3.8, 4) is 0 Å². The molecule has 1 amide bonds. The van der Waals surface area contributed by atoms with Gasteiger partial charge in [0.25, 0.3) is 0 Å². The van der Waals surface area contributed by atoms with Gasteiger partial charge in [0.05, 0.1) is 5.54 Å². The Morgan fingerprint density at radius 3 is 2.41 bits per heavy atom. The van der Waals surface area contributed by atoms with Crippen molar-refractivity contribution < 1.29 is 4.79 Å². The summed E-state index contributed by atoms with van der Waals surface area (Å²) in [7, 11) is 0. The summed E-state index contributed by atoms with van der Waals surface area (Å²) < 4.78 is 0. The van der Waals surface area contributed by atoms with Crippen LogP contribution in [0.4, 0.5) is 0 Å². The van der Waals surface area contributed by atoms with E-state index in [-0.39, 0.29) is 23.7 Å². The van der Waals surface area contributed by atoms with E-state index in [9.17, 15) is 4.79 Å². The molecule has 124 valence electrons. The monoisotopic (exact) mass is 324 g/mol. The zero-order chi connectivity index (χ0) is 15.5. The quantitative estimate of drug-likeness (QED) is 0.891. The highest BCUT2D eigenvalue weighted by molar-refractivity contribution is 5.86. The van der Waals surface area contributed by atoms with Crippen molar-refractivity contribution in [2.45, 2.75) is 63.8 Å². The Morgan fingerprint density at radius 1 is 1.23 bits per heavy atom. The summed E-state index contributed by atoms with van der Waals surface area (Å²) >= 11 is 0. The molecule has 1 aromatic carbocycles. The zero-order valence-corrected chi connectivity index (χ0v) is 14.8. The van der Waals surface area contributed by atoms with Gasteiger partial charge in [-0.3, -0.25) is 4.79 Å². The first kappa shape index (κ1) is 19.0. The maximum absolute atomic E-state index is 12.4. The fourth-order valence-electron chi connectivity index (χ4n) is 3.31. The number of nitrogens with two attached hydrogens (primary N) is 1. The van der Waals surface area contributed by atoms with Crippen molar-refractivity contribution in [3.05, 3.63) is 35.4 Å². The molecule has 1 aliphatic carbocycles. The number of rotatable bonds is 4. The molecule has 1 aliphatic rings. The lowest BCUT2D eigenvalue weighted by atomic mass is 9.80. The fraction of sp³-hybridized carbons (Fsp3) is 0.611. The molecule has 0 atom stereocenters. The number of aryl methyl sites for hydroxylation is 1. The number of hydrogen-bond donors (Lipinski definition) is 2. The van der Waals surface area contributed by atoms with Crippen LogP contribution in [-0.2, 0) is 10.2 Å². The first-order valence-electron chi connectivity index (χ1n) is 7.98. The van der Waals surface area contributed by atoms with E-state index in [2.05, 4.69) is 44.3 Å². The van der Waals surface area contributed by atoms with Crippen molar-refractivity contribution in [2.24, 2.45) is 5.73 Å². The molecule has 0 aliphatic heterocycles. The van der Waals surface area contributed by atoms with Crippen molar-refractivity contribution >= 4 is 18.3 Å². The summed E-state index contributed by atoms with van der Waals surface area (Å²) in [6, 6.07) is 8.35. The van der Waals surface area contributed by atoms with Crippen LogP contribution in [0.1, 0.15) is 57.1 Å². The average molecular weight is 325 g/mol. The standard InChI is InChI=1S/C18H28N2O.ClH/c1-14-9-5-6-10-15(14)17(2,3)13-20-16(21)18(19)11-7-4-8-12-18;/h5-6,9-10H,4,7-8,11-13,19H2,1-3H3,(H,20,21);1H. The van der Waals surface area contributed by atoms with Gasteiger partial charge in [0, 0.05) is 12.0 Å². The number of hydrogen-bond acceptors (Lipinski definition) is 2. The van der Waals surface area contributed by atoms with Crippen molar-refractivity contribution in [1.82, 2.24) is 5.32 Å². The molecule has 1 aromatic rings. The molecule has 0 aromatic heterocycles. The number of halogens is 1. The third kappa shape index (κ3) is 4.23. The molecule has 1 saturated carbocycles. The lowest BCUT2D eigenvalue weighted by molar-refractivity contribution is -0.127. The van der Waals surface area contributed by atoms with Crippen LogP contribution in [0.15, 0.2) is 24.3 Å². The summed E-state index contributed by atoms with van der Waals surface area (Å²) in [6.07, 6.45) is 4.93. The smallest absolute Gasteiger partial charge is 0.240 e. The number of carbonyl (C=O) groups is 1. The summed E-state index contributed by atoms with van der Waals surface area (Å²) in [6.45, 7) is 7.07. The summed E-state index contributed by atoms with van der Waals surface area (Å²) in [5, 5.41) is 3.09. The number of amides is 1. The van der Waals surface area contributed by atoms with Gasteiger partial charge in [0.15, 0.2) is 0 Å². The first-order chi connectivity index (χ1) is 9.85. The van der Waals surface area contributed by atoms with Crippen LogP contribution in [0, 0.1) is 6.92 Å². The lowest BCUT2D eigenvalue weighted by Crippen LogP contribution is -2.56. The Morgan fingerprint density at radius 2 is 1.82 bits per heavy atom. The number of nitrogens with one attached hydrogen (secondary N) is 1. The van der Waals surface area contributed by atoms with Crippen LogP contribution in [-0.4, -0.2) is 18.0 Å². The van der Waals surface area contributed by atoms with Crippen molar-refractivity contribution in [1.29, 1.82) is 0 Å². The van der Waals surface area contributed by atoms with Gasteiger partial charge in [-0.15, -0.1) is 12.4 Å². The second-order valence-corrected chi connectivity index (χ2v) is 7.10. The predicted molar refractivity (Wildman–Crippen MR) is 94.5 cm³/mol. The van der Waals surface area contributed by atoms with E-state index in [4.69, 9.17) is 5.73 Å². The van der Waals surface area contributed by atoms with Crippen LogP contribution in [0.5, 0.6) is 0 Å². The molecular formula is C18H29ClN2O. The molecule has 0 spiro atoms. The van der Waals surface area contributed by atoms with Gasteiger partial charge in [0.2, 0.25) is 5.91 Å². The molecule has 2 rings (SSSR count). The molecule has 0 unspecified atom stereocenters. The van der Waals surface area contributed by atoms with E-state index in [0.717, 1.165) is 25.7 Å². The highest BCUT2D eigenvalue weighted by atomic mass is 35.5. The van der Waals surface area contributed by atoms with E-state index in [0.29, 0.717) is 6.54 Å². The zero-order valence-electron chi connectivity index (χ0n) is 13.9. The highest BCUT2D eigenvalue weighted by Crippen LogP contribution is 2.28. The molecular weight excluding hydrogens is 296 g/mol. The fourth-order valence-corrected chi connectivity index (χ4v) is 3.31. The molecule has 0 bridgehead atoms. The molecule has 22 heavy (non-hydrogen) atoms. The van der Waals surface area contributed by atoms with Crippen molar-refractivity contribution in [2.75, 3.05) is 6.54 Å². The van der Waals surface area contributed by atoms with Gasteiger partial charge >= 0.3 is 0 Å². The van der Waals surface area contributed by atoms with E-state index in [1.54, 1.807) is 0 Å². The van der Waals surface area contributed by atoms with Gasteiger partial charge in [-0.05, 0) is 30.9 Å². The van der Waals surface area contributed by atoms with E-state index in [1.807, 2.05) is 6.07 Å². The molecule has 0 heterocycles. The largest absolute Gasteiger partial charge is 0.354 e. The maximum Gasteiger partial charge on any atom is 0.240 e. The minimum atomic E-state index is -0.653. The summed E-state index contributed by atoms with van der Waals surface area (Å²) in [5.41, 5.74) is 8.08. The predicted octanol–water partition coefficient (Wildman–Crippen LogP) is 3.47. The molecule has 3 nitrogen and oxygen atoms in total. The maximum atomic E-state index is 12.4. The van der Waals surface area contributed by atoms with Gasteiger partial charge in [-0.25, -0.2) is 0 Å². The van der Waals surface area contributed by atoms with Crippen LogP contribution in [0.2, 0.25) is 0 Å². The van der Waals surface area contributed by atoms with Gasteiger partial charge in [0.1, 0.15) is 0 Å². The molecule has 3 N–H and O–H groups in total. The minimum Gasteiger partial charge on any atom is -0.354 e. The van der Waals surface area contributed by atoms with E-state index in [1.165, 1.54) is 17.5 Å². The number of carbonyl (C=O) groups excluding carboxylic acids is 1. The van der Waals surface area contributed by atoms with E-state index >= 15 is 0 Å². The topological polar surface area (TPSA) is 55.1 Å². The molecule has 4 heteroatoms. The Labute approximate surface area is 140 Å².